The highest BCUT2D eigenvalue weighted by Crippen LogP contribution is 2.24. The van der Waals surface area contributed by atoms with Crippen molar-refractivity contribution in [2.45, 2.75) is 39.7 Å². The van der Waals surface area contributed by atoms with E-state index in [-0.39, 0.29) is 6.04 Å². The molecule has 0 radical (unpaired) electrons. The molecule has 1 atom stereocenters. The molecule has 0 spiro atoms. The fourth-order valence-corrected chi connectivity index (χ4v) is 1.88. The Balaban J connectivity index is 2.90. The van der Waals surface area contributed by atoms with E-state index >= 15 is 0 Å². The monoisotopic (exact) mass is 207 g/mol. The van der Waals surface area contributed by atoms with Crippen molar-refractivity contribution in [2.24, 2.45) is 12.8 Å². The lowest BCUT2D eigenvalue weighted by Gasteiger charge is -2.13. The van der Waals surface area contributed by atoms with Crippen LogP contribution in [0.3, 0.4) is 0 Å². The summed E-state index contributed by atoms with van der Waals surface area (Å²) in [6, 6.07) is 0.0335. The first-order valence-electron chi connectivity index (χ1n) is 5.39. The molecule has 0 saturated heterocycles. The highest BCUT2D eigenvalue weighted by molar-refractivity contribution is 5.28. The van der Waals surface area contributed by atoms with Crippen molar-refractivity contribution in [3.05, 3.63) is 29.1 Å². The summed E-state index contributed by atoms with van der Waals surface area (Å²) < 4.78 is 1.89. The van der Waals surface area contributed by atoms with Gasteiger partial charge in [0.15, 0.2) is 0 Å². The van der Waals surface area contributed by atoms with Crippen LogP contribution in [-0.2, 0) is 7.05 Å². The Morgan fingerprint density at radius 2 is 2.13 bits per heavy atom. The van der Waals surface area contributed by atoms with Crippen molar-refractivity contribution in [1.29, 1.82) is 0 Å². The fourth-order valence-electron chi connectivity index (χ4n) is 1.88. The van der Waals surface area contributed by atoms with Crippen LogP contribution in [0.1, 0.15) is 42.8 Å². The first-order chi connectivity index (χ1) is 6.97. The lowest BCUT2D eigenvalue weighted by molar-refractivity contribution is 0.686. The van der Waals surface area contributed by atoms with Gasteiger partial charge in [-0.05, 0) is 26.7 Å². The average molecular weight is 207 g/mol. The molecule has 0 amide bonds. The van der Waals surface area contributed by atoms with Crippen LogP contribution >= 0.6 is 0 Å². The van der Waals surface area contributed by atoms with Gasteiger partial charge in [-0.15, -0.1) is 0 Å². The predicted octanol–water partition coefficient (Wildman–Crippen LogP) is 2.39. The molecular weight excluding hydrogens is 186 g/mol. The third-order valence-corrected chi connectivity index (χ3v) is 2.94. The van der Waals surface area contributed by atoms with Crippen molar-refractivity contribution >= 4 is 0 Å². The van der Waals surface area contributed by atoms with Gasteiger partial charge in [-0.2, -0.15) is 5.10 Å². The van der Waals surface area contributed by atoms with E-state index in [0.717, 1.165) is 24.2 Å². The van der Waals surface area contributed by atoms with E-state index in [1.165, 1.54) is 11.1 Å². The Kier molecular flexibility index (Phi) is 3.69. The molecule has 0 aliphatic heterocycles. The maximum Gasteiger partial charge on any atom is 0.0644 e. The van der Waals surface area contributed by atoms with Crippen molar-refractivity contribution in [2.75, 3.05) is 0 Å². The standard InChI is InChI=1S/C12H21N3/c1-6-8(2)7-11(13)12-9(3)14-15(5)10(12)4/h11H,2,6-7,13H2,1,3-5H3. The lowest BCUT2D eigenvalue weighted by Crippen LogP contribution is -2.13. The van der Waals surface area contributed by atoms with Gasteiger partial charge in [-0.3, -0.25) is 4.68 Å². The second-order valence-electron chi connectivity index (χ2n) is 4.12. The van der Waals surface area contributed by atoms with Crippen LogP contribution in [-0.4, -0.2) is 9.78 Å². The summed E-state index contributed by atoms with van der Waals surface area (Å²) in [6.45, 7) is 10.2. The Bertz CT molecular complexity index is 363. The first kappa shape index (κ1) is 12.0. The zero-order chi connectivity index (χ0) is 11.6. The van der Waals surface area contributed by atoms with Crippen molar-refractivity contribution < 1.29 is 0 Å². The Labute approximate surface area is 92.0 Å². The molecule has 1 heterocycles. The molecule has 0 saturated carbocycles. The van der Waals surface area contributed by atoms with Crippen LogP contribution in [0.4, 0.5) is 0 Å². The second-order valence-corrected chi connectivity index (χ2v) is 4.12. The quantitative estimate of drug-likeness (QED) is 0.770. The normalized spacial score (nSPS) is 12.9. The molecule has 0 bridgehead atoms. The van der Waals surface area contributed by atoms with Gasteiger partial charge < -0.3 is 5.73 Å². The molecule has 0 aliphatic carbocycles. The molecule has 2 N–H and O–H groups in total. The van der Waals surface area contributed by atoms with E-state index in [0.29, 0.717) is 0 Å². The summed E-state index contributed by atoms with van der Waals surface area (Å²) in [7, 11) is 1.95. The summed E-state index contributed by atoms with van der Waals surface area (Å²) in [4.78, 5) is 0. The van der Waals surface area contributed by atoms with Crippen LogP contribution < -0.4 is 5.73 Å². The molecule has 3 nitrogen and oxygen atoms in total. The minimum atomic E-state index is 0.0335. The maximum absolute atomic E-state index is 6.17. The van der Waals surface area contributed by atoms with Gasteiger partial charge in [0, 0.05) is 24.3 Å². The topological polar surface area (TPSA) is 43.8 Å². The molecule has 84 valence electrons. The van der Waals surface area contributed by atoms with Gasteiger partial charge in [-0.1, -0.05) is 19.1 Å². The number of hydrogen-bond acceptors (Lipinski definition) is 2. The van der Waals surface area contributed by atoms with Crippen LogP contribution in [0, 0.1) is 13.8 Å². The maximum atomic E-state index is 6.17. The molecule has 0 aliphatic rings. The van der Waals surface area contributed by atoms with E-state index in [1.54, 1.807) is 0 Å². The summed E-state index contributed by atoms with van der Waals surface area (Å²) in [6.07, 6.45) is 1.84. The number of aryl methyl sites for hydroxylation is 2. The first-order valence-corrected chi connectivity index (χ1v) is 5.39. The molecule has 1 unspecified atom stereocenters. The van der Waals surface area contributed by atoms with E-state index in [1.807, 2.05) is 18.7 Å². The van der Waals surface area contributed by atoms with Crippen LogP contribution in [0.25, 0.3) is 0 Å². The summed E-state index contributed by atoms with van der Waals surface area (Å²) >= 11 is 0. The Morgan fingerprint density at radius 1 is 1.53 bits per heavy atom. The fraction of sp³-hybridized carbons (Fsp3) is 0.583. The van der Waals surface area contributed by atoms with Gasteiger partial charge >= 0.3 is 0 Å². The molecule has 0 aromatic carbocycles. The number of hydrogen-bond donors (Lipinski definition) is 1. The third-order valence-electron chi connectivity index (χ3n) is 2.94. The van der Waals surface area contributed by atoms with Crippen LogP contribution in [0.15, 0.2) is 12.2 Å². The summed E-state index contributed by atoms with van der Waals surface area (Å²) in [5, 5.41) is 4.37. The highest BCUT2D eigenvalue weighted by Gasteiger charge is 2.16. The highest BCUT2D eigenvalue weighted by atomic mass is 15.3. The van der Waals surface area contributed by atoms with Gasteiger partial charge in [0.2, 0.25) is 0 Å². The van der Waals surface area contributed by atoms with E-state index < -0.39 is 0 Å². The molecule has 1 rings (SSSR count). The van der Waals surface area contributed by atoms with Crippen molar-refractivity contribution in [3.63, 3.8) is 0 Å². The van der Waals surface area contributed by atoms with Crippen LogP contribution in [0.5, 0.6) is 0 Å². The zero-order valence-electron chi connectivity index (χ0n) is 10.2. The second kappa shape index (κ2) is 4.62. The van der Waals surface area contributed by atoms with Gasteiger partial charge in [0.05, 0.1) is 5.69 Å². The molecular formula is C12H21N3. The molecule has 0 fully saturated rings. The van der Waals surface area contributed by atoms with E-state index in [2.05, 4.69) is 25.5 Å². The minimum Gasteiger partial charge on any atom is -0.324 e. The van der Waals surface area contributed by atoms with Crippen molar-refractivity contribution in [1.82, 2.24) is 9.78 Å². The SMILES string of the molecule is C=C(CC)CC(N)c1c(C)nn(C)c1C. The summed E-state index contributed by atoms with van der Waals surface area (Å²) in [5.41, 5.74) is 10.7. The van der Waals surface area contributed by atoms with Gasteiger partial charge in [-0.25, -0.2) is 0 Å². The number of nitrogens with zero attached hydrogens (tertiary/aromatic N) is 2. The number of rotatable bonds is 4. The lowest BCUT2D eigenvalue weighted by atomic mass is 9.98. The largest absolute Gasteiger partial charge is 0.324 e. The number of aromatic nitrogens is 2. The molecule has 1 aromatic heterocycles. The minimum absolute atomic E-state index is 0.0335. The van der Waals surface area contributed by atoms with Crippen molar-refractivity contribution in [3.8, 4) is 0 Å². The molecule has 1 aromatic rings. The smallest absolute Gasteiger partial charge is 0.0644 e. The summed E-state index contributed by atoms with van der Waals surface area (Å²) in [5.74, 6) is 0. The average Bonchev–Trinajstić information content (AvgIpc) is 2.41. The van der Waals surface area contributed by atoms with E-state index in [4.69, 9.17) is 5.73 Å². The third kappa shape index (κ3) is 2.48. The zero-order valence-corrected chi connectivity index (χ0v) is 10.2. The molecule has 3 heteroatoms. The van der Waals surface area contributed by atoms with Crippen LogP contribution in [0.2, 0.25) is 0 Å². The number of nitrogens with two attached hydrogens (primary N) is 1. The predicted molar refractivity (Wildman–Crippen MR) is 63.7 cm³/mol. The van der Waals surface area contributed by atoms with Gasteiger partial charge in [0.25, 0.3) is 0 Å². The molecule has 15 heavy (non-hydrogen) atoms. The Hall–Kier alpha value is -1.09. The van der Waals surface area contributed by atoms with E-state index in [9.17, 15) is 0 Å². The van der Waals surface area contributed by atoms with Gasteiger partial charge in [0.1, 0.15) is 0 Å². The Morgan fingerprint density at radius 3 is 2.53 bits per heavy atom.